The average molecular weight is 237 g/mol. The molecule has 16 heavy (non-hydrogen) atoms. The monoisotopic (exact) mass is 237 g/mol. The van der Waals surface area contributed by atoms with Crippen LogP contribution in [0.3, 0.4) is 0 Å². The van der Waals surface area contributed by atoms with Crippen molar-refractivity contribution in [2.75, 3.05) is 6.26 Å². The number of pyridine rings is 1. The Balaban J connectivity index is 2.38. The molecule has 0 aliphatic heterocycles. The van der Waals surface area contributed by atoms with E-state index < -0.39 is 10.1 Å². The summed E-state index contributed by atoms with van der Waals surface area (Å²) in [6, 6.07) is 7.51. The highest BCUT2D eigenvalue weighted by Crippen LogP contribution is 2.18. The highest BCUT2D eigenvalue weighted by Gasteiger charge is 2.05. The van der Waals surface area contributed by atoms with Crippen molar-refractivity contribution in [1.82, 2.24) is 4.98 Å². The van der Waals surface area contributed by atoms with E-state index in [0.717, 1.165) is 22.6 Å². The van der Waals surface area contributed by atoms with Crippen LogP contribution in [0.15, 0.2) is 36.7 Å². The minimum Gasteiger partial charge on any atom is -0.265 e. The van der Waals surface area contributed by atoms with E-state index >= 15 is 0 Å². The van der Waals surface area contributed by atoms with Gasteiger partial charge in [-0.25, -0.2) is 0 Å². The third-order valence-corrected chi connectivity index (χ3v) is 2.75. The predicted molar refractivity (Wildman–Crippen MR) is 61.4 cm³/mol. The zero-order valence-corrected chi connectivity index (χ0v) is 9.57. The molecule has 1 aromatic heterocycles. The third-order valence-electron chi connectivity index (χ3n) is 2.20. The molecule has 0 spiro atoms. The molecule has 1 heterocycles. The molecule has 0 aliphatic carbocycles. The van der Waals surface area contributed by atoms with Crippen LogP contribution < -0.4 is 0 Å². The lowest BCUT2D eigenvalue weighted by Gasteiger charge is -2.05. The Morgan fingerprint density at radius 3 is 2.88 bits per heavy atom. The van der Waals surface area contributed by atoms with Crippen molar-refractivity contribution in [1.29, 1.82) is 0 Å². The minimum absolute atomic E-state index is 0.0435. The summed E-state index contributed by atoms with van der Waals surface area (Å²) in [6.45, 7) is 0.0435. The van der Waals surface area contributed by atoms with Crippen LogP contribution >= 0.6 is 0 Å². The molecule has 1 aromatic carbocycles. The fraction of sp³-hybridized carbons (Fsp3) is 0.182. The van der Waals surface area contributed by atoms with Crippen LogP contribution in [0.4, 0.5) is 0 Å². The van der Waals surface area contributed by atoms with Crippen LogP contribution in [-0.4, -0.2) is 19.7 Å². The fourth-order valence-corrected chi connectivity index (χ4v) is 1.81. The first-order valence-corrected chi connectivity index (χ1v) is 6.54. The maximum Gasteiger partial charge on any atom is 0.264 e. The summed E-state index contributed by atoms with van der Waals surface area (Å²) in [5.41, 5.74) is 0.816. The van der Waals surface area contributed by atoms with E-state index in [2.05, 4.69) is 4.98 Å². The lowest BCUT2D eigenvalue weighted by atomic mass is 10.1. The number of hydrogen-bond acceptors (Lipinski definition) is 4. The van der Waals surface area contributed by atoms with Crippen molar-refractivity contribution in [2.45, 2.75) is 6.61 Å². The van der Waals surface area contributed by atoms with Crippen molar-refractivity contribution >= 4 is 20.9 Å². The van der Waals surface area contributed by atoms with Crippen LogP contribution in [0.25, 0.3) is 10.8 Å². The number of nitrogens with zero attached hydrogens (tertiary/aromatic N) is 1. The van der Waals surface area contributed by atoms with Gasteiger partial charge in [0.1, 0.15) is 0 Å². The van der Waals surface area contributed by atoms with Gasteiger partial charge in [-0.1, -0.05) is 18.2 Å². The van der Waals surface area contributed by atoms with E-state index in [9.17, 15) is 8.42 Å². The number of rotatable bonds is 3. The molecule has 0 bridgehead atoms. The molecule has 0 aliphatic rings. The fourth-order valence-electron chi connectivity index (χ4n) is 1.47. The Morgan fingerprint density at radius 1 is 1.31 bits per heavy atom. The average Bonchev–Trinajstić information content (AvgIpc) is 2.25. The van der Waals surface area contributed by atoms with Gasteiger partial charge in [-0.3, -0.25) is 9.17 Å². The summed E-state index contributed by atoms with van der Waals surface area (Å²) in [7, 11) is -3.41. The molecule has 0 saturated heterocycles. The molecule has 0 N–H and O–H groups in total. The summed E-state index contributed by atoms with van der Waals surface area (Å²) in [6.07, 6.45) is 4.44. The number of hydrogen-bond donors (Lipinski definition) is 0. The molecule has 84 valence electrons. The Hall–Kier alpha value is -1.46. The van der Waals surface area contributed by atoms with Crippen molar-refractivity contribution in [2.24, 2.45) is 0 Å². The number of fused-ring (bicyclic) bond motifs is 1. The van der Waals surface area contributed by atoms with Gasteiger partial charge in [0.2, 0.25) is 0 Å². The molecule has 0 amide bonds. The quantitative estimate of drug-likeness (QED) is 0.762. The second kappa shape index (κ2) is 4.19. The van der Waals surface area contributed by atoms with Crippen molar-refractivity contribution in [3.8, 4) is 0 Å². The van der Waals surface area contributed by atoms with E-state index in [1.807, 2.05) is 24.3 Å². The van der Waals surface area contributed by atoms with Crippen molar-refractivity contribution in [3.05, 3.63) is 42.2 Å². The molecule has 0 radical (unpaired) electrons. The molecule has 0 fully saturated rings. The van der Waals surface area contributed by atoms with Crippen molar-refractivity contribution in [3.63, 3.8) is 0 Å². The van der Waals surface area contributed by atoms with Crippen LogP contribution in [0.2, 0.25) is 0 Å². The Kier molecular flexibility index (Phi) is 2.89. The second-order valence-electron chi connectivity index (χ2n) is 3.48. The Morgan fingerprint density at radius 2 is 2.12 bits per heavy atom. The lowest BCUT2D eigenvalue weighted by Crippen LogP contribution is -2.03. The first-order valence-electron chi connectivity index (χ1n) is 4.72. The predicted octanol–water partition coefficient (Wildman–Crippen LogP) is 1.71. The molecule has 0 atom stereocenters. The third kappa shape index (κ3) is 2.56. The first kappa shape index (κ1) is 11.0. The van der Waals surface area contributed by atoms with Gasteiger partial charge in [-0.15, -0.1) is 0 Å². The minimum atomic E-state index is -3.41. The molecule has 5 heteroatoms. The van der Waals surface area contributed by atoms with E-state index in [4.69, 9.17) is 4.18 Å². The SMILES string of the molecule is CS(=O)(=O)OCc1cccc2ccncc12. The zero-order valence-electron chi connectivity index (χ0n) is 8.75. The van der Waals surface area contributed by atoms with Gasteiger partial charge in [-0.2, -0.15) is 8.42 Å². The normalized spacial score (nSPS) is 11.8. The molecule has 0 saturated carbocycles. The van der Waals surface area contributed by atoms with Gasteiger partial charge in [0.05, 0.1) is 12.9 Å². The van der Waals surface area contributed by atoms with Crippen LogP contribution in [-0.2, 0) is 20.9 Å². The topological polar surface area (TPSA) is 56.3 Å². The molecular formula is C11H11NO3S. The van der Waals surface area contributed by atoms with Gasteiger partial charge in [0.15, 0.2) is 0 Å². The van der Waals surface area contributed by atoms with Gasteiger partial charge in [0.25, 0.3) is 10.1 Å². The van der Waals surface area contributed by atoms with Crippen LogP contribution in [0.5, 0.6) is 0 Å². The number of aromatic nitrogens is 1. The maximum atomic E-state index is 10.9. The van der Waals surface area contributed by atoms with E-state index in [-0.39, 0.29) is 6.61 Å². The molecule has 2 rings (SSSR count). The maximum absolute atomic E-state index is 10.9. The summed E-state index contributed by atoms with van der Waals surface area (Å²) in [4.78, 5) is 4.01. The molecular weight excluding hydrogens is 226 g/mol. The van der Waals surface area contributed by atoms with Crippen LogP contribution in [0.1, 0.15) is 5.56 Å². The van der Waals surface area contributed by atoms with Gasteiger partial charge in [0, 0.05) is 17.8 Å². The summed E-state index contributed by atoms with van der Waals surface area (Å²) in [5, 5.41) is 1.93. The van der Waals surface area contributed by atoms with Gasteiger partial charge < -0.3 is 0 Å². The van der Waals surface area contributed by atoms with Crippen LogP contribution in [0, 0.1) is 0 Å². The van der Waals surface area contributed by atoms with Crippen molar-refractivity contribution < 1.29 is 12.6 Å². The van der Waals surface area contributed by atoms with E-state index in [1.54, 1.807) is 12.4 Å². The summed E-state index contributed by atoms with van der Waals surface area (Å²) < 4.78 is 26.6. The molecule has 4 nitrogen and oxygen atoms in total. The highest BCUT2D eigenvalue weighted by molar-refractivity contribution is 7.85. The van der Waals surface area contributed by atoms with E-state index in [0.29, 0.717) is 0 Å². The molecule has 0 unspecified atom stereocenters. The highest BCUT2D eigenvalue weighted by atomic mass is 32.2. The standard InChI is InChI=1S/C11H11NO3S/c1-16(13,14)15-8-10-4-2-3-9-5-6-12-7-11(9)10/h2-7H,8H2,1H3. The lowest BCUT2D eigenvalue weighted by molar-refractivity contribution is 0.313. The Labute approximate surface area is 94.0 Å². The van der Waals surface area contributed by atoms with Gasteiger partial charge >= 0.3 is 0 Å². The summed E-state index contributed by atoms with van der Waals surface area (Å²) in [5.74, 6) is 0. The number of benzene rings is 1. The second-order valence-corrected chi connectivity index (χ2v) is 5.12. The molecule has 2 aromatic rings. The van der Waals surface area contributed by atoms with E-state index in [1.165, 1.54) is 0 Å². The zero-order chi connectivity index (χ0) is 11.6. The van der Waals surface area contributed by atoms with Gasteiger partial charge in [-0.05, 0) is 17.0 Å². The Bertz CT molecular complexity index is 602. The first-order chi connectivity index (χ1) is 7.56. The smallest absolute Gasteiger partial charge is 0.264 e. The largest absolute Gasteiger partial charge is 0.265 e. The summed E-state index contributed by atoms with van der Waals surface area (Å²) >= 11 is 0.